The van der Waals surface area contributed by atoms with Gasteiger partial charge in [-0.3, -0.25) is 9.69 Å². The number of rotatable bonds is 3. The highest BCUT2D eigenvalue weighted by Gasteiger charge is 2.35. The van der Waals surface area contributed by atoms with E-state index in [4.69, 9.17) is 21.3 Å². The van der Waals surface area contributed by atoms with Crippen LogP contribution in [0.5, 0.6) is 0 Å². The van der Waals surface area contributed by atoms with E-state index >= 15 is 0 Å². The average molecular weight is 525 g/mol. The number of amidine groups is 1. The standard InChI is InChI=1S/C28H33ClN4O2S/c1-18-17-28(2,3)32(5)24-16-23(29)19(14-22(18)24)15-25-26(34)31(4)27(36-25)30-20-6-8-21(9-7-20)33-10-12-35-13-11-33/h6-9,14-16,18H,10-13,17H2,1-5H3/b25-15-,30-27?/t18-/m1/s1. The van der Waals surface area contributed by atoms with E-state index in [1.165, 1.54) is 17.3 Å². The Bertz CT molecular complexity index is 1230. The number of ether oxygens (including phenoxy) is 1. The van der Waals surface area contributed by atoms with Crippen molar-refractivity contribution in [1.82, 2.24) is 4.90 Å². The van der Waals surface area contributed by atoms with Gasteiger partial charge in [0.1, 0.15) is 0 Å². The van der Waals surface area contributed by atoms with Gasteiger partial charge in [-0.15, -0.1) is 0 Å². The lowest BCUT2D eigenvalue weighted by Crippen LogP contribution is -2.45. The van der Waals surface area contributed by atoms with Crippen LogP contribution in [-0.2, 0) is 9.53 Å². The largest absolute Gasteiger partial charge is 0.378 e. The van der Waals surface area contributed by atoms with Gasteiger partial charge in [-0.05, 0) is 91.5 Å². The summed E-state index contributed by atoms with van der Waals surface area (Å²) < 4.78 is 5.44. The third kappa shape index (κ3) is 4.76. The highest BCUT2D eigenvalue weighted by Crippen LogP contribution is 2.45. The number of halogens is 1. The van der Waals surface area contributed by atoms with Gasteiger partial charge in [-0.1, -0.05) is 18.5 Å². The molecule has 0 aliphatic carbocycles. The number of aliphatic imine (C=N–C) groups is 1. The quantitative estimate of drug-likeness (QED) is 0.452. The Labute approximate surface area is 222 Å². The van der Waals surface area contributed by atoms with E-state index in [0.29, 0.717) is 21.0 Å². The monoisotopic (exact) mass is 524 g/mol. The Morgan fingerprint density at radius 1 is 1.14 bits per heavy atom. The molecular formula is C28H33ClN4O2S. The minimum Gasteiger partial charge on any atom is -0.378 e. The third-order valence-electron chi connectivity index (χ3n) is 7.49. The summed E-state index contributed by atoms with van der Waals surface area (Å²) >= 11 is 8.11. The van der Waals surface area contributed by atoms with Crippen LogP contribution < -0.4 is 9.80 Å². The molecule has 2 aromatic carbocycles. The molecule has 2 aromatic rings. The fourth-order valence-electron chi connectivity index (χ4n) is 5.18. The van der Waals surface area contributed by atoms with Crippen molar-refractivity contribution < 1.29 is 9.53 Å². The van der Waals surface area contributed by atoms with Crippen molar-refractivity contribution in [3.8, 4) is 0 Å². The van der Waals surface area contributed by atoms with E-state index in [1.807, 2.05) is 24.3 Å². The normalized spacial score (nSPS) is 24.1. The summed E-state index contributed by atoms with van der Waals surface area (Å²) in [7, 11) is 3.89. The molecule has 6 nitrogen and oxygen atoms in total. The molecule has 3 heterocycles. The van der Waals surface area contributed by atoms with Gasteiger partial charge >= 0.3 is 0 Å². The topological polar surface area (TPSA) is 48.4 Å². The molecule has 1 amide bonds. The molecule has 0 N–H and O–H groups in total. The van der Waals surface area contributed by atoms with Crippen LogP contribution in [0.15, 0.2) is 46.3 Å². The lowest BCUT2D eigenvalue weighted by molar-refractivity contribution is -0.121. The zero-order valence-electron chi connectivity index (χ0n) is 21.5. The lowest BCUT2D eigenvalue weighted by Gasteiger charge is -2.45. The number of carbonyl (C=O) groups excluding carboxylic acids is 1. The van der Waals surface area contributed by atoms with E-state index in [9.17, 15) is 4.79 Å². The predicted molar refractivity (Wildman–Crippen MR) is 152 cm³/mol. The molecule has 3 aliphatic rings. The zero-order valence-corrected chi connectivity index (χ0v) is 23.1. The number of amides is 1. The van der Waals surface area contributed by atoms with Crippen molar-refractivity contribution in [3.63, 3.8) is 0 Å². The number of hydrogen-bond acceptors (Lipinski definition) is 6. The Balaban J connectivity index is 1.39. The van der Waals surface area contributed by atoms with Crippen LogP contribution in [0.4, 0.5) is 17.1 Å². The summed E-state index contributed by atoms with van der Waals surface area (Å²) in [5.41, 5.74) is 5.36. The smallest absolute Gasteiger partial charge is 0.266 e. The van der Waals surface area contributed by atoms with Crippen LogP contribution in [0.1, 0.15) is 44.2 Å². The SMILES string of the molecule is C[C@@H]1CC(C)(C)N(C)c2cc(Cl)c(/C=C3\SC(=Nc4ccc(N5CCOCC5)cc4)N(C)C3=O)cc21. The second-order valence-electron chi connectivity index (χ2n) is 10.4. The summed E-state index contributed by atoms with van der Waals surface area (Å²) in [5.74, 6) is 0.344. The first-order valence-electron chi connectivity index (χ1n) is 12.4. The van der Waals surface area contributed by atoms with Gasteiger partial charge in [0.05, 0.1) is 23.8 Å². The highest BCUT2D eigenvalue weighted by molar-refractivity contribution is 8.18. The van der Waals surface area contributed by atoms with Crippen molar-refractivity contribution in [2.75, 3.05) is 50.2 Å². The molecule has 2 fully saturated rings. The Morgan fingerprint density at radius 3 is 2.53 bits per heavy atom. The van der Waals surface area contributed by atoms with Gasteiger partial charge in [-0.25, -0.2) is 4.99 Å². The van der Waals surface area contributed by atoms with E-state index in [-0.39, 0.29) is 11.4 Å². The van der Waals surface area contributed by atoms with Crippen LogP contribution in [0, 0.1) is 0 Å². The van der Waals surface area contributed by atoms with Gasteiger partial charge in [0.15, 0.2) is 5.17 Å². The van der Waals surface area contributed by atoms with E-state index in [0.717, 1.165) is 55.3 Å². The fourth-order valence-corrected chi connectivity index (χ4v) is 6.37. The fraction of sp³-hybridized carbons (Fsp3) is 0.429. The molecule has 0 saturated carbocycles. The lowest BCUT2D eigenvalue weighted by atomic mass is 9.80. The molecule has 0 bridgehead atoms. The number of anilines is 2. The molecule has 0 unspecified atom stereocenters. The summed E-state index contributed by atoms with van der Waals surface area (Å²) in [6.45, 7) is 10.1. The van der Waals surface area contributed by atoms with E-state index < -0.39 is 0 Å². The maximum atomic E-state index is 13.1. The zero-order chi connectivity index (χ0) is 25.6. The number of thioether (sulfide) groups is 1. The summed E-state index contributed by atoms with van der Waals surface area (Å²) in [5, 5.41) is 1.31. The molecule has 36 heavy (non-hydrogen) atoms. The van der Waals surface area contributed by atoms with Gasteiger partial charge in [0.25, 0.3) is 5.91 Å². The molecule has 3 aliphatic heterocycles. The third-order valence-corrected chi connectivity index (χ3v) is 8.88. The van der Waals surface area contributed by atoms with Crippen molar-refractivity contribution in [3.05, 3.63) is 57.5 Å². The minimum absolute atomic E-state index is 0.0659. The number of nitrogens with zero attached hydrogens (tertiary/aromatic N) is 4. The van der Waals surface area contributed by atoms with E-state index in [1.54, 1.807) is 11.9 Å². The number of benzene rings is 2. The van der Waals surface area contributed by atoms with Crippen molar-refractivity contribution in [1.29, 1.82) is 0 Å². The maximum absolute atomic E-state index is 13.1. The number of likely N-dealkylation sites (N-methyl/N-ethyl adjacent to an activating group) is 1. The molecular weight excluding hydrogens is 492 g/mol. The van der Waals surface area contributed by atoms with Gasteiger partial charge in [0.2, 0.25) is 0 Å². The first-order chi connectivity index (χ1) is 17.1. The second kappa shape index (κ2) is 9.77. The average Bonchev–Trinajstić information content (AvgIpc) is 3.12. The van der Waals surface area contributed by atoms with Crippen molar-refractivity contribution in [2.24, 2.45) is 4.99 Å². The van der Waals surface area contributed by atoms with Crippen LogP contribution >= 0.6 is 23.4 Å². The molecule has 2 saturated heterocycles. The van der Waals surface area contributed by atoms with Crippen molar-refractivity contribution >= 4 is 57.6 Å². The molecule has 1 atom stereocenters. The minimum atomic E-state index is -0.0659. The Kier molecular flexibility index (Phi) is 6.83. The Morgan fingerprint density at radius 2 is 1.83 bits per heavy atom. The number of fused-ring (bicyclic) bond motifs is 1. The van der Waals surface area contributed by atoms with Gasteiger partial charge in [0, 0.05) is 49.1 Å². The Hall–Kier alpha value is -2.48. The molecule has 190 valence electrons. The highest BCUT2D eigenvalue weighted by atomic mass is 35.5. The maximum Gasteiger partial charge on any atom is 0.266 e. The van der Waals surface area contributed by atoms with Crippen LogP contribution in [-0.4, -0.2) is 61.9 Å². The molecule has 0 radical (unpaired) electrons. The predicted octanol–water partition coefficient (Wildman–Crippen LogP) is 6.13. The van der Waals surface area contributed by atoms with Gasteiger partial charge in [-0.2, -0.15) is 0 Å². The molecule has 5 rings (SSSR count). The summed E-state index contributed by atoms with van der Waals surface area (Å²) in [4.78, 5) is 24.7. The van der Waals surface area contributed by atoms with Gasteiger partial charge < -0.3 is 14.5 Å². The summed E-state index contributed by atoms with van der Waals surface area (Å²) in [6, 6.07) is 12.3. The number of hydrogen-bond donors (Lipinski definition) is 0. The first kappa shape index (κ1) is 25.2. The molecule has 0 spiro atoms. The molecule has 8 heteroatoms. The van der Waals surface area contributed by atoms with E-state index in [2.05, 4.69) is 55.8 Å². The van der Waals surface area contributed by atoms with Crippen LogP contribution in [0.25, 0.3) is 6.08 Å². The van der Waals surface area contributed by atoms with Crippen LogP contribution in [0.3, 0.4) is 0 Å². The first-order valence-corrected chi connectivity index (χ1v) is 13.6. The molecule has 0 aromatic heterocycles. The van der Waals surface area contributed by atoms with Crippen molar-refractivity contribution in [2.45, 2.75) is 38.6 Å². The number of carbonyl (C=O) groups is 1. The summed E-state index contributed by atoms with van der Waals surface area (Å²) in [6.07, 6.45) is 2.97. The van der Waals surface area contributed by atoms with Crippen LogP contribution in [0.2, 0.25) is 5.02 Å². The second-order valence-corrected chi connectivity index (χ2v) is 11.8. The number of morpholine rings is 1.